The summed E-state index contributed by atoms with van der Waals surface area (Å²) in [5.74, 6) is 3.79. The molecule has 2 aromatic carbocycles. The average Bonchev–Trinajstić information content (AvgIpc) is 2.83. The third-order valence-electron chi connectivity index (χ3n) is 4.99. The van der Waals surface area contributed by atoms with Crippen LogP contribution in [0.15, 0.2) is 58.3 Å². The Kier molecular flexibility index (Phi) is 8.02. The van der Waals surface area contributed by atoms with E-state index in [0.717, 1.165) is 10.6 Å². The second-order valence-corrected chi connectivity index (χ2v) is 9.81. The van der Waals surface area contributed by atoms with Crippen LogP contribution in [0, 0.1) is 12.0 Å². The number of benzene rings is 2. The smallest absolute Gasteiger partial charge is 0.322 e. The normalized spacial score (nSPS) is 16.5. The summed E-state index contributed by atoms with van der Waals surface area (Å²) >= 11 is 1.48. The number of hydrogen-bond donors (Lipinski definition) is 0. The Morgan fingerprint density at radius 3 is 2.19 bits per heavy atom. The largest absolute Gasteiger partial charge is 0.497 e. The van der Waals surface area contributed by atoms with Gasteiger partial charge in [-0.25, -0.2) is 8.51 Å². The Labute approximate surface area is 189 Å². The number of methoxy groups -OCH3 is 2. The van der Waals surface area contributed by atoms with Crippen LogP contribution in [0.2, 0.25) is 0 Å². The maximum absolute atomic E-state index is 13.0. The molecular formula is C23H25NO5S2. The van der Waals surface area contributed by atoms with Crippen LogP contribution in [0.4, 0.5) is 0 Å². The van der Waals surface area contributed by atoms with Crippen LogP contribution in [-0.2, 0) is 20.5 Å². The van der Waals surface area contributed by atoms with Crippen molar-refractivity contribution in [2.24, 2.45) is 0 Å². The fourth-order valence-corrected chi connectivity index (χ4v) is 5.76. The molecule has 1 aliphatic heterocycles. The van der Waals surface area contributed by atoms with Gasteiger partial charge < -0.3 is 14.2 Å². The maximum Gasteiger partial charge on any atom is 0.322 e. The molecule has 164 valence electrons. The van der Waals surface area contributed by atoms with Gasteiger partial charge in [0.15, 0.2) is 0 Å². The van der Waals surface area contributed by atoms with E-state index < -0.39 is 15.7 Å². The molecule has 1 saturated heterocycles. The fraction of sp³-hybridized carbons (Fsp3) is 0.348. The van der Waals surface area contributed by atoms with Crippen molar-refractivity contribution in [1.29, 1.82) is 0 Å². The number of piperidine rings is 1. The van der Waals surface area contributed by atoms with Gasteiger partial charge in [0.2, 0.25) is 0 Å². The summed E-state index contributed by atoms with van der Waals surface area (Å²) in [6, 6.07) is 14.7. The van der Waals surface area contributed by atoms with Crippen molar-refractivity contribution in [1.82, 2.24) is 4.31 Å². The molecule has 8 heteroatoms. The van der Waals surface area contributed by atoms with Gasteiger partial charge in [0, 0.05) is 24.9 Å². The zero-order valence-corrected chi connectivity index (χ0v) is 19.4. The number of nitrogens with zero attached hydrogens (tertiary/aromatic N) is 1. The van der Waals surface area contributed by atoms with Crippen LogP contribution in [-0.4, -0.2) is 46.5 Å². The van der Waals surface area contributed by atoms with Crippen LogP contribution in [0.5, 0.6) is 11.5 Å². The van der Waals surface area contributed by atoms with E-state index in [1.807, 2.05) is 28.6 Å². The van der Waals surface area contributed by atoms with Crippen molar-refractivity contribution in [3.63, 3.8) is 0 Å². The second-order valence-electron chi connectivity index (χ2n) is 6.87. The highest BCUT2D eigenvalue weighted by molar-refractivity contribution is 8.01. The highest BCUT2D eigenvalue weighted by atomic mass is 32.2. The molecule has 3 rings (SSSR count). The lowest BCUT2D eigenvalue weighted by atomic mass is 9.97. The Balaban J connectivity index is 1.70. The molecule has 1 fully saturated rings. The Hall–Kier alpha value is -2.47. The van der Waals surface area contributed by atoms with Crippen LogP contribution in [0.25, 0.3) is 0 Å². The Morgan fingerprint density at radius 1 is 1.03 bits per heavy atom. The molecule has 0 N–H and O–H groups in total. The summed E-state index contributed by atoms with van der Waals surface area (Å²) in [5.41, 5.74) is 0. The first kappa shape index (κ1) is 23.2. The van der Waals surface area contributed by atoms with Gasteiger partial charge in [-0.1, -0.05) is 5.92 Å². The molecule has 0 aromatic heterocycles. The van der Waals surface area contributed by atoms with Crippen molar-refractivity contribution >= 4 is 28.7 Å². The Morgan fingerprint density at radius 2 is 1.65 bits per heavy atom. The number of carbonyl (C=O) groups is 1. The van der Waals surface area contributed by atoms with Crippen molar-refractivity contribution in [3.8, 4) is 23.5 Å². The molecule has 1 unspecified atom stereocenters. The first-order valence-corrected chi connectivity index (χ1v) is 11.7. The molecule has 1 aliphatic rings. The molecule has 0 radical (unpaired) electrons. The molecule has 31 heavy (non-hydrogen) atoms. The minimum absolute atomic E-state index is 0.260. The molecule has 0 amide bonds. The number of thioether (sulfide) groups is 1. The van der Waals surface area contributed by atoms with Gasteiger partial charge >= 0.3 is 5.97 Å². The van der Waals surface area contributed by atoms with Crippen LogP contribution >= 0.6 is 11.8 Å². The molecule has 6 nitrogen and oxygen atoms in total. The minimum Gasteiger partial charge on any atom is -0.497 e. The molecule has 1 heterocycles. The first-order chi connectivity index (χ1) is 15.0. The summed E-state index contributed by atoms with van der Waals surface area (Å²) in [5, 5.41) is 0. The predicted octanol–water partition coefficient (Wildman–Crippen LogP) is 3.88. The Bertz CT molecular complexity index is 972. The first-order valence-electron chi connectivity index (χ1n) is 9.78. The average molecular weight is 460 g/mol. The van der Waals surface area contributed by atoms with E-state index in [4.69, 9.17) is 14.2 Å². The van der Waals surface area contributed by atoms with E-state index in [-0.39, 0.29) is 5.97 Å². The second kappa shape index (κ2) is 10.7. The summed E-state index contributed by atoms with van der Waals surface area (Å²) < 4.78 is 29.7. The van der Waals surface area contributed by atoms with E-state index in [2.05, 4.69) is 12.0 Å². The summed E-state index contributed by atoms with van der Waals surface area (Å²) in [7, 11) is 1.71. The van der Waals surface area contributed by atoms with Crippen molar-refractivity contribution in [3.05, 3.63) is 48.5 Å². The number of ether oxygens (including phenoxy) is 3. The SMILES string of the molecule is CC#COc1ccc(SC2(C(=O)OC)CCN(S(=O)c3ccc(OC)cc3)CC2)cc1. The van der Waals surface area contributed by atoms with Gasteiger partial charge in [-0.3, -0.25) is 4.79 Å². The standard InChI is InChI=1S/C23H25NO5S2/c1-4-17-29-19-5-9-20(10-6-19)30-23(22(25)28-3)13-15-24(16-14-23)31(26)21-11-7-18(27-2)8-12-21/h5-12H,13-16H2,1-3H3. The van der Waals surface area contributed by atoms with Crippen LogP contribution in [0.1, 0.15) is 19.8 Å². The zero-order valence-electron chi connectivity index (χ0n) is 17.8. The van der Waals surface area contributed by atoms with Crippen molar-refractivity contribution in [2.45, 2.75) is 34.3 Å². The van der Waals surface area contributed by atoms with E-state index in [0.29, 0.717) is 36.6 Å². The molecule has 0 saturated carbocycles. The lowest BCUT2D eigenvalue weighted by Gasteiger charge is -2.38. The molecule has 2 aromatic rings. The van der Waals surface area contributed by atoms with Gasteiger partial charge in [-0.15, -0.1) is 11.8 Å². The highest BCUT2D eigenvalue weighted by Gasteiger charge is 2.44. The zero-order chi connectivity index (χ0) is 22.3. The molecule has 0 aliphatic carbocycles. The maximum atomic E-state index is 13.0. The van der Waals surface area contributed by atoms with E-state index >= 15 is 0 Å². The van der Waals surface area contributed by atoms with E-state index in [9.17, 15) is 9.00 Å². The van der Waals surface area contributed by atoms with Gasteiger partial charge in [0.05, 0.1) is 19.1 Å². The lowest BCUT2D eigenvalue weighted by Crippen LogP contribution is -2.48. The summed E-state index contributed by atoms with van der Waals surface area (Å²) in [6.07, 6.45) is 3.63. The highest BCUT2D eigenvalue weighted by Crippen LogP contribution is 2.43. The lowest BCUT2D eigenvalue weighted by molar-refractivity contribution is -0.144. The summed E-state index contributed by atoms with van der Waals surface area (Å²) in [6.45, 7) is 2.75. The topological polar surface area (TPSA) is 65.1 Å². The third kappa shape index (κ3) is 5.62. The quantitative estimate of drug-likeness (QED) is 0.463. The number of rotatable bonds is 7. The van der Waals surface area contributed by atoms with Crippen LogP contribution < -0.4 is 9.47 Å². The van der Waals surface area contributed by atoms with Crippen molar-refractivity contribution in [2.75, 3.05) is 27.3 Å². The molecule has 1 atom stereocenters. The number of esters is 1. The fourth-order valence-electron chi connectivity index (χ4n) is 3.30. The van der Waals surface area contributed by atoms with Gasteiger partial charge in [0.25, 0.3) is 0 Å². The number of carbonyl (C=O) groups excluding carboxylic acids is 1. The molecule has 0 spiro atoms. The van der Waals surface area contributed by atoms with Gasteiger partial charge in [-0.05, 0) is 61.4 Å². The monoisotopic (exact) mass is 459 g/mol. The van der Waals surface area contributed by atoms with Gasteiger partial charge in [0.1, 0.15) is 33.3 Å². The van der Waals surface area contributed by atoms with Crippen molar-refractivity contribution < 1.29 is 23.2 Å². The summed E-state index contributed by atoms with van der Waals surface area (Å²) in [4.78, 5) is 14.4. The predicted molar refractivity (Wildman–Crippen MR) is 121 cm³/mol. The molecule has 0 bridgehead atoms. The number of hydrogen-bond acceptors (Lipinski definition) is 6. The van der Waals surface area contributed by atoms with E-state index in [1.165, 1.54) is 18.9 Å². The van der Waals surface area contributed by atoms with Gasteiger partial charge in [-0.2, -0.15) is 0 Å². The van der Waals surface area contributed by atoms with Crippen LogP contribution in [0.3, 0.4) is 0 Å². The molecular weight excluding hydrogens is 434 g/mol. The minimum atomic E-state index is -1.29. The third-order valence-corrected chi connectivity index (χ3v) is 7.97. The van der Waals surface area contributed by atoms with E-state index in [1.54, 1.807) is 38.3 Å².